The first-order valence-corrected chi connectivity index (χ1v) is 9.16. The number of hydrogen-bond donors (Lipinski definition) is 1. The van der Waals surface area contributed by atoms with E-state index in [9.17, 15) is 4.79 Å². The van der Waals surface area contributed by atoms with Gasteiger partial charge in [0.15, 0.2) is 0 Å². The zero-order valence-corrected chi connectivity index (χ0v) is 15.5. The van der Waals surface area contributed by atoms with Crippen molar-refractivity contribution in [1.29, 1.82) is 0 Å². The molecule has 2 aromatic rings. The van der Waals surface area contributed by atoms with Crippen LogP contribution in [0.15, 0.2) is 30.3 Å². The van der Waals surface area contributed by atoms with E-state index in [0.717, 1.165) is 24.5 Å². The number of carbonyl (C=O) groups excluding carboxylic acids is 1. The first-order chi connectivity index (χ1) is 12.6. The summed E-state index contributed by atoms with van der Waals surface area (Å²) in [6.07, 6.45) is 2.78. The maximum absolute atomic E-state index is 12.0. The molecule has 1 amide bonds. The highest BCUT2D eigenvalue weighted by atomic mass is 16.5. The molecule has 1 aliphatic rings. The topological polar surface area (TPSA) is 67.3 Å². The summed E-state index contributed by atoms with van der Waals surface area (Å²) >= 11 is 0. The quantitative estimate of drug-likeness (QED) is 0.774. The molecule has 0 spiro atoms. The minimum absolute atomic E-state index is 0.00548. The summed E-state index contributed by atoms with van der Waals surface area (Å²) < 4.78 is 5.71. The molecule has 3 rings (SSSR count). The monoisotopic (exact) mass is 354 g/mol. The molecule has 1 aromatic carbocycles. The van der Waals surface area contributed by atoms with Crippen LogP contribution in [0.4, 0.5) is 5.82 Å². The lowest BCUT2D eigenvalue weighted by Gasteiger charge is -2.17. The van der Waals surface area contributed by atoms with E-state index in [4.69, 9.17) is 4.74 Å². The van der Waals surface area contributed by atoms with Crippen LogP contribution in [0.25, 0.3) is 0 Å². The van der Waals surface area contributed by atoms with Crippen molar-refractivity contribution < 1.29 is 9.53 Å². The molecule has 1 aliphatic heterocycles. The van der Waals surface area contributed by atoms with Crippen LogP contribution in [0.1, 0.15) is 29.8 Å². The molecule has 0 unspecified atom stereocenters. The van der Waals surface area contributed by atoms with Crippen molar-refractivity contribution in [1.82, 2.24) is 15.3 Å². The van der Waals surface area contributed by atoms with E-state index in [1.807, 2.05) is 44.2 Å². The maximum Gasteiger partial charge on any atom is 0.224 e. The number of aryl methyl sites for hydroxylation is 2. The summed E-state index contributed by atoms with van der Waals surface area (Å²) in [6.45, 7) is 6.80. The van der Waals surface area contributed by atoms with Gasteiger partial charge in [-0.3, -0.25) is 4.79 Å². The van der Waals surface area contributed by atoms with E-state index in [1.165, 1.54) is 18.4 Å². The minimum atomic E-state index is -0.00548. The van der Waals surface area contributed by atoms with Crippen molar-refractivity contribution in [2.75, 3.05) is 31.1 Å². The van der Waals surface area contributed by atoms with Crippen LogP contribution >= 0.6 is 0 Å². The van der Waals surface area contributed by atoms with Crippen LogP contribution in [-0.4, -0.2) is 42.1 Å². The van der Waals surface area contributed by atoms with Crippen LogP contribution in [0.3, 0.4) is 0 Å². The van der Waals surface area contributed by atoms with Crippen molar-refractivity contribution in [3.8, 4) is 5.88 Å². The third kappa shape index (κ3) is 5.18. The molecule has 1 fully saturated rings. The second kappa shape index (κ2) is 8.65. The van der Waals surface area contributed by atoms with Gasteiger partial charge in [0.2, 0.25) is 11.8 Å². The van der Waals surface area contributed by atoms with Crippen molar-refractivity contribution in [2.24, 2.45) is 0 Å². The second-order valence-corrected chi connectivity index (χ2v) is 6.67. The van der Waals surface area contributed by atoms with Crippen LogP contribution in [0.5, 0.6) is 5.88 Å². The van der Waals surface area contributed by atoms with Crippen LogP contribution in [0, 0.1) is 13.8 Å². The zero-order chi connectivity index (χ0) is 18.4. The fraction of sp³-hybridized carbons (Fsp3) is 0.450. The maximum atomic E-state index is 12.0. The van der Waals surface area contributed by atoms with E-state index in [-0.39, 0.29) is 5.91 Å². The number of hydrogen-bond acceptors (Lipinski definition) is 5. The molecule has 138 valence electrons. The van der Waals surface area contributed by atoms with Crippen molar-refractivity contribution in [2.45, 2.75) is 33.1 Å². The Bertz CT molecular complexity index is 740. The van der Waals surface area contributed by atoms with Gasteiger partial charge in [0.1, 0.15) is 18.2 Å². The van der Waals surface area contributed by atoms with Gasteiger partial charge >= 0.3 is 0 Å². The molecule has 1 saturated heterocycles. The van der Waals surface area contributed by atoms with Crippen LogP contribution < -0.4 is 15.0 Å². The number of amides is 1. The SMILES string of the molecule is Cc1ccc(CC(=O)NCCOc2cc(N3CCCC3)nc(C)n2)cc1. The molecular formula is C20H26N4O2. The fourth-order valence-electron chi connectivity index (χ4n) is 3.01. The molecule has 26 heavy (non-hydrogen) atoms. The Morgan fingerprint density at radius 3 is 2.62 bits per heavy atom. The second-order valence-electron chi connectivity index (χ2n) is 6.67. The first-order valence-electron chi connectivity index (χ1n) is 9.16. The molecule has 1 aromatic heterocycles. The average Bonchev–Trinajstić information content (AvgIpc) is 3.15. The molecule has 0 radical (unpaired) electrons. The average molecular weight is 354 g/mol. The Morgan fingerprint density at radius 2 is 1.88 bits per heavy atom. The third-order valence-corrected chi connectivity index (χ3v) is 4.39. The predicted octanol–water partition coefficient (Wildman–Crippen LogP) is 2.43. The molecule has 0 atom stereocenters. The number of ether oxygens (including phenoxy) is 1. The number of aromatic nitrogens is 2. The van der Waals surface area contributed by atoms with E-state index < -0.39 is 0 Å². The third-order valence-electron chi connectivity index (χ3n) is 4.39. The first kappa shape index (κ1) is 18.2. The summed E-state index contributed by atoms with van der Waals surface area (Å²) in [4.78, 5) is 23.1. The summed E-state index contributed by atoms with van der Waals surface area (Å²) in [5, 5.41) is 2.88. The smallest absolute Gasteiger partial charge is 0.224 e. The number of anilines is 1. The largest absolute Gasteiger partial charge is 0.476 e. The number of nitrogens with one attached hydrogen (secondary N) is 1. The van der Waals surface area contributed by atoms with Crippen molar-refractivity contribution in [3.63, 3.8) is 0 Å². The lowest BCUT2D eigenvalue weighted by molar-refractivity contribution is -0.120. The van der Waals surface area contributed by atoms with Gasteiger partial charge in [-0.15, -0.1) is 0 Å². The highest BCUT2D eigenvalue weighted by Crippen LogP contribution is 2.21. The number of benzene rings is 1. The zero-order valence-electron chi connectivity index (χ0n) is 15.5. The molecule has 1 N–H and O–H groups in total. The number of carbonyl (C=O) groups is 1. The summed E-state index contributed by atoms with van der Waals surface area (Å²) in [5.74, 6) is 2.18. The molecular weight excluding hydrogens is 328 g/mol. The fourth-order valence-corrected chi connectivity index (χ4v) is 3.01. The Labute approximate surface area is 154 Å². The van der Waals surface area contributed by atoms with E-state index in [1.54, 1.807) is 0 Å². The Morgan fingerprint density at radius 1 is 1.15 bits per heavy atom. The van der Waals surface area contributed by atoms with Gasteiger partial charge in [0, 0.05) is 19.2 Å². The number of rotatable bonds is 7. The Hall–Kier alpha value is -2.63. The molecule has 6 heteroatoms. The molecule has 0 bridgehead atoms. The molecule has 6 nitrogen and oxygen atoms in total. The number of nitrogens with zero attached hydrogens (tertiary/aromatic N) is 3. The van der Waals surface area contributed by atoms with Gasteiger partial charge < -0.3 is 15.0 Å². The normalized spacial score (nSPS) is 13.7. The van der Waals surface area contributed by atoms with Crippen LogP contribution in [-0.2, 0) is 11.2 Å². The molecule has 0 saturated carbocycles. The van der Waals surface area contributed by atoms with Crippen molar-refractivity contribution in [3.05, 3.63) is 47.3 Å². The van der Waals surface area contributed by atoms with Gasteiger partial charge in [-0.1, -0.05) is 29.8 Å². The van der Waals surface area contributed by atoms with Gasteiger partial charge in [-0.05, 0) is 32.3 Å². The van der Waals surface area contributed by atoms with Gasteiger partial charge in [-0.2, -0.15) is 4.98 Å². The summed E-state index contributed by atoms with van der Waals surface area (Å²) in [5.41, 5.74) is 2.20. The molecule has 0 aliphatic carbocycles. The van der Waals surface area contributed by atoms with Gasteiger partial charge in [0.25, 0.3) is 0 Å². The lowest BCUT2D eigenvalue weighted by atomic mass is 10.1. The highest BCUT2D eigenvalue weighted by molar-refractivity contribution is 5.78. The highest BCUT2D eigenvalue weighted by Gasteiger charge is 2.15. The minimum Gasteiger partial charge on any atom is -0.476 e. The van der Waals surface area contributed by atoms with Gasteiger partial charge in [-0.25, -0.2) is 4.98 Å². The van der Waals surface area contributed by atoms with E-state index in [0.29, 0.717) is 31.3 Å². The standard InChI is InChI=1S/C20H26N4O2/c1-15-5-7-17(8-6-15)13-19(25)21-9-12-26-20-14-18(22-16(2)23-20)24-10-3-4-11-24/h5-8,14H,3-4,9-13H2,1-2H3,(H,21,25). The van der Waals surface area contributed by atoms with Crippen LogP contribution in [0.2, 0.25) is 0 Å². The summed E-state index contributed by atoms with van der Waals surface area (Å²) in [6, 6.07) is 9.87. The molecule has 2 heterocycles. The Balaban J connectivity index is 1.44. The van der Waals surface area contributed by atoms with Gasteiger partial charge in [0.05, 0.1) is 13.0 Å². The lowest BCUT2D eigenvalue weighted by Crippen LogP contribution is -2.29. The van der Waals surface area contributed by atoms with Crippen molar-refractivity contribution >= 4 is 11.7 Å². The van der Waals surface area contributed by atoms with E-state index in [2.05, 4.69) is 20.2 Å². The van der Waals surface area contributed by atoms with E-state index >= 15 is 0 Å². The predicted molar refractivity (Wildman–Crippen MR) is 102 cm³/mol. The Kier molecular flexibility index (Phi) is 6.04. The summed E-state index contributed by atoms with van der Waals surface area (Å²) in [7, 11) is 0.